The number of benzene rings is 1. The van der Waals surface area contributed by atoms with Gasteiger partial charge < -0.3 is 8.83 Å². The molecule has 1 aliphatic rings. The molecule has 0 N–H and O–H groups in total. The Hall–Kier alpha value is -2.49. The van der Waals surface area contributed by atoms with E-state index in [2.05, 4.69) is 15.1 Å². The van der Waals surface area contributed by atoms with Crippen LogP contribution in [0.5, 0.6) is 0 Å². The van der Waals surface area contributed by atoms with Gasteiger partial charge in [-0.15, -0.1) is 10.2 Å². The molecule has 8 nitrogen and oxygen atoms in total. The van der Waals surface area contributed by atoms with E-state index in [9.17, 15) is 8.42 Å². The normalized spacial score (nSPS) is 16.4. The van der Waals surface area contributed by atoms with Crippen molar-refractivity contribution in [2.45, 2.75) is 32.2 Å². The number of aryl methyl sites for hydroxylation is 3. The van der Waals surface area contributed by atoms with Crippen molar-refractivity contribution in [3.8, 4) is 11.5 Å². The van der Waals surface area contributed by atoms with Crippen LogP contribution in [-0.2, 0) is 16.6 Å². The molecule has 4 rings (SSSR count). The lowest BCUT2D eigenvalue weighted by atomic mass is 10.2. The number of nitrogens with zero attached hydrogens (tertiary/aromatic N) is 4. The van der Waals surface area contributed by atoms with Gasteiger partial charge in [-0.3, -0.25) is 4.90 Å². The Labute approximate surface area is 170 Å². The Morgan fingerprint density at radius 1 is 0.966 bits per heavy atom. The molecule has 1 aliphatic heterocycles. The summed E-state index contributed by atoms with van der Waals surface area (Å²) in [5, 5.41) is 8.25. The average Bonchev–Trinajstić information content (AvgIpc) is 3.28. The van der Waals surface area contributed by atoms with E-state index in [0.29, 0.717) is 49.4 Å². The van der Waals surface area contributed by atoms with Gasteiger partial charge in [-0.25, -0.2) is 8.42 Å². The van der Waals surface area contributed by atoms with Crippen molar-refractivity contribution in [3.05, 3.63) is 53.3 Å². The fourth-order valence-electron chi connectivity index (χ4n) is 3.45. The van der Waals surface area contributed by atoms with Crippen LogP contribution in [0.4, 0.5) is 0 Å². The molecule has 1 fully saturated rings. The molecule has 3 aromatic rings. The third-order valence-electron chi connectivity index (χ3n) is 5.09. The first kappa shape index (κ1) is 19.8. The fraction of sp³-hybridized carbons (Fsp3) is 0.400. The number of hydrogen-bond acceptors (Lipinski definition) is 7. The van der Waals surface area contributed by atoms with E-state index in [1.807, 2.05) is 39.0 Å². The molecule has 2 aromatic heterocycles. The van der Waals surface area contributed by atoms with E-state index in [-0.39, 0.29) is 0 Å². The highest BCUT2D eigenvalue weighted by Gasteiger charge is 2.29. The van der Waals surface area contributed by atoms with Crippen molar-refractivity contribution in [2.24, 2.45) is 0 Å². The quantitative estimate of drug-likeness (QED) is 0.631. The van der Waals surface area contributed by atoms with Crippen molar-refractivity contribution in [1.82, 2.24) is 19.4 Å². The molecule has 0 aliphatic carbocycles. The molecular weight excluding hydrogens is 392 g/mol. The summed E-state index contributed by atoms with van der Waals surface area (Å²) in [5.74, 6) is 2.49. The number of aromatic nitrogens is 2. The van der Waals surface area contributed by atoms with E-state index < -0.39 is 10.0 Å². The molecule has 1 aromatic carbocycles. The van der Waals surface area contributed by atoms with Gasteiger partial charge in [0.05, 0.1) is 17.0 Å². The maximum atomic E-state index is 12.8. The van der Waals surface area contributed by atoms with Crippen molar-refractivity contribution in [2.75, 3.05) is 26.2 Å². The minimum Gasteiger partial charge on any atom is -0.466 e. The Kier molecular flexibility index (Phi) is 5.28. The number of furan rings is 1. The van der Waals surface area contributed by atoms with Gasteiger partial charge in [-0.1, -0.05) is 17.7 Å². The highest BCUT2D eigenvalue weighted by molar-refractivity contribution is 7.89. The molecular formula is C20H24N4O4S. The van der Waals surface area contributed by atoms with Crippen molar-refractivity contribution >= 4 is 10.0 Å². The van der Waals surface area contributed by atoms with Crippen LogP contribution in [0.25, 0.3) is 11.5 Å². The van der Waals surface area contributed by atoms with Crippen LogP contribution < -0.4 is 0 Å². The van der Waals surface area contributed by atoms with Gasteiger partial charge in [0.15, 0.2) is 0 Å². The lowest BCUT2D eigenvalue weighted by Crippen LogP contribution is -2.48. The van der Waals surface area contributed by atoms with E-state index in [1.54, 1.807) is 12.1 Å². The lowest BCUT2D eigenvalue weighted by molar-refractivity contribution is 0.168. The summed E-state index contributed by atoms with van der Waals surface area (Å²) in [4.78, 5) is 2.45. The molecule has 0 atom stereocenters. The van der Waals surface area contributed by atoms with Gasteiger partial charge in [0, 0.05) is 26.2 Å². The first-order valence-corrected chi connectivity index (χ1v) is 11.0. The van der Waals surface area contributed by atoms with E-state index in [4.69, 9.17) is 8.83 Å². The standard InChI is InChI=1S/C20H24N4O4S/c1-14-4-6-17(7-5-14)29(25,26)24-10-8-23(9-11-24)13-19-21-22-20(28-19)18-12-15(2)27-16(18)3/h4-7,12H,8-11,13H2,1-3H3. The summed E-state index contributed by atoms with van der Waals surface area (Å²) in [6.45, 7) is 8.22. The number of rotatable bonds is 5. The van der Waals surface area contributed by atoms with Crippen LogP contribution in [0, 0.1) is 20.8 Å². The first-order valence-electron chi connectivity index (χ1n) is 9.52. The van der Waals surface area contributed by atoms with Crippen LogP contribution in [-0.4, -0.2) is 54.0 Å². The third kappa shape index (κ3) is 4.12. The molecule has 0 bridgehead atoms. The van der Waals surface area contributed by atoms with Crippen LogP contribution in [0.15, 0.2) is 44.1 Å². The van der Waals surface area contributed by atoms with Gasteiger partial charge in [0.2, 0.25) is 15.9 Å². The number of piperazine rings is 1. The highest BCUT2D eigenvalue weighted by Crippen LogP contribution is 2.26. The van der Waals surface area contributed by atoms with E-state index in [0.717, 1.165) is 22.6 Å². The second-order valence-electron chi connectivity index (χ2n) is 7.32. The summed E-state index contributed by atoms with van der Waals surface area (Å²) < 4.78 is 38.5. The second kappa shape index (κ2) is 7.74. The van der Waals surface area contributed by atoms with E-state index >= 15 is 0 Å². The monoisotopic (exact) mass is 416 g/mol. The minimum absolute atomic E-state index is 0.337. The Balaban J connectivity index is 1.38. The predicted molar refractivity (Wildman–Crippen MR) is 107 cm³/mol. The SMILES string of the molecule is Cc1ccc(S(=O)(=O)N2CCN(Cc3nnc(-c4cc(C)oc4C)o3)CC2)cc1. The molecule has 9 heteroatoms. The predicted octanol–water partition coefficient (Wildman–Crippen LogP) is 2.76. The zero-order valence-electron chi connectivity index (χ0n) is 16.8. The summed E-state index contributed by atoms with van der Waals surface area (Å²) in [7, 11) is -3.46. The van der Waals surface area contributed by atoms with Gasteiger partial charge in [0.25, 0.3) is 5.89 Å². The molecule has 154 valence electrons. The van der Waals surface area contributed by atoms with Crippen molar-refractivity contribution in [3.63, 3.8) is 0 Å². The van der Waals surface area contributed by atoms with Gasteiger partial charge in [0.1, 0.15) is 11.5 Å². The highest BCUT2D eigenvalue weighted by atomic mass is 32.2. The Morgan fingerprint density at radius 3 is 2.28 bits per heavy atom. The lowest BCUT2D eigenvalue weighted by Gasteiger charge is -2.33. The maximum absolute atomic E-state index is 12.8. The maximum Gasteiger partial charge on any atom is 0.251 e. The second-order valence-corrected chi connectivity index (χ2v) is 9.26. The van der Waals surface area contributed by atoms with Gasteiger partial charge in [-0.05, 0) is 39.0 Å². The largest absolute Gasteiger partial charge is 0.466 e. The molecule has 0 spiro atoms. The molecule has 3 heterocycles. The van der Waals surface area contributed by atoms with Crippen LogP contribution in [0.2, 0.25) is 0 Å². The average molecular weight is 417 g/mol. The zero-order chi connectivity index (χ0) is 20.6. The summed E-state index contributed by atoms with van der Waals surface area (Å²) >= 11 is 0. The molecule has 0 radical (unpaired) electrons. The van der Waals surface area contributed by atoms with Crippen LogP contribution in [0.1, 0.15) is 23.0 Å². The topological polar surface area (TPSA) is 92.7 Å². The summed E-state index contributed by atoms with van der Waals surface area (Å²) in [5.41, 5.74) is 1.84. The Morgan fingerprint density at radius 2 is 1.66 bits per heavy atom. The molecule has 0 unspecified atom stereocenters. The third-order valence-corrected chi connectivity index (χ3v) is 7.00. The zero-order valence-corrected chi connectivity index (χ0v) is 17.6. The number of sulfonamides is 1. The fourth-order valence-corrected chi connectivity index (χ4v) is 4.87. The van der Waals surface area contributed by atoms with Crippen molar-refractivity contribution in [1.29, 1.82) is 0 Å². The summed E-state index contributed by atoms with van der Waals surface area (Å²) in [6, 6.07) is 8.84. The van der Waals surface area contributed by atoms with E-state index in [1.165, 1.54) is 4.31 Å². The smallest absolute Gasteiger partial charge is 0.251 e. The molecule has 1 saturated heterocycles. The number of hydrogen-bond donors (Lipinski definition) is 0. The van der Waals surface area contributed by atoms with Gasteiger partial charge in [-0.2, -0.15) is 4.31 Å². The van der Waals surface area contributed by atoms with Crippen LogP contribution >= 0.6 is 0 Å². The first-order chi connectivity index (χ1) is 13.8. The minimum atomic E-state index is -3.46. The van der Waals surface area contributed by atoms with Crippen molar-refractivity contribution < 1.29 is 17.3 Å². The Bertz CT molecular complexity index is 1090. The molecule has 0 saturated carbocycles. The summed E-state index contributed by atoms with van der Waals surface area (Å²) in [6.07, 6.45) is 0. The molecule has 0 amide bonds. The molecule has 29 heavy (non-hydrogen) atoms. The van der Waals surface area contributed by atoms with Gasteiger partial charge >= 0.3 is 0 Å². The van der Waals surface area contributed by atoms with Crippen LogP contribution in [0.3, 0.4) is 0 Å².